The first-order valence-electron chi connectivity index (χ1n) is 5.85. The first-order valence-corrected chi connectivity index (χ1v) is 6.65. The Balaban J connectivity index is 2.43. The van der Waals surface area contributed by atoms with Gasteiger partial charge in [-0.15, -0.1) is 0 Å². The molecule has 1 aromatic carbocycles. The third kappa shape index (κ3) is 2.41. The Morgan fingerprint density at radius 2 is 2.22 bits per heavy atom. The van der Waals surface area contributed by atoms with Gasteiger partial charge in [0.25, 0.3) is 0 Å². The number of carbonyl (C=O) groups is 2. The first kappa shape index (κ1) is 13.1. The van der Waals surface area contributed by atoms with E-state index < -0.39 is 0 Å². The SMILES string of the molecule is CC(=O)c1cc(Br)ccc1N1CCNC(=O)C1C. The van der Waals surface area contributed by atoms with Crippen LogP contribution in [0.5, 0.6) is 0 Å². The van der Waals surface area contributed by atoms with E-state index in [1.54, 1.807) is 13.0 Å². The summed E-state index contributed by atoms with van der Waals surface area (Å²) < 4.78 is 0.866. The number of hydrogen-bond acceptors (Lipinski definition) is 3. The number of benzene rings is 1. The summed E-state index contributed by atoms with van der Waals surface area (Å²) in [7, 11) is 0. The van der Waals surface area contributed by atoms with Crippen LogP contribution in [0.4, 0.5) is 5.69 Å². The Hall–Kier alpha value is -1.36. The molecular weight excluding hydrogens is 296 g/mol. The molecule has 1 atom stereocenters. The molecule has 1 aliphatic rings. The van der Waals surface area contributed by atoms with E-state index in [1.807, 2.05) is 24.0 Å². The first-order chi connectivity index (χ1) is 8.50. The lowest BCUT2D eigenvalue weighted by Crippen LogP contribution is -2.54. The fraction of sp³-hybridized carbons (Fsp3) is 0.385. The van der Waals surface area contributed by atoms with Crippen LogP contribution in [0.3, 0.4) is 0 Å². The molecule has 4 nitrogen and oxygen atoms in total. The zero-order valence-corrected chi connectivity index (χ0v) is 12.0. The van der Waals surface area contributed by atoms with Crippen LogP contribution in [-0.2, 0) is 4.79 Å². The minimum atomic E-state index is -0.252. The molecule has 2 rings (SSSR count). The quantitative estimate of drug-likeness (QED) is 0.850. The Bertz CT molecular complexity index is 502. The summed E-state index contributed by atoms with van der Waals surface area (Å²) in [5.41, 5.74) is 1.47. The summed E-state index contributed by atoms with van der Waals surface area (Å²) in [6, 6.07) is 5.33. The van der Waals surface area contributed by atoms with Gasteiger partial charge in [0, 0.05) is 28.8 Å². The standard InChI is InChI=1S/C13H15BrN2O2/c1-8-13(18)15-5-6-16(8)12-4-3-10(14)7-11(12)9(2)17/h3-4,7-8H,5-6H2,1-2H3,(H,15,18). The zero-order chi connectivity index (χ0) is 13.3. The smallest absolute Gasteiger partial charge is 0.242 e. The lowest BCUT2D eigenvalue weighted by molar-refractivity contribution is -0.122. The topological polar surface area (TPSA) is 49.4 Å². The number of carbonyl (C=O) groups excluding carboxylic acids is 2. The van der Waals surface area contributed by atoms with Crippen molar-refractivity contribution >= 4 is 33.3 Å². The molecule has 18 heavy (non-hydrogen) atoms. The normalized spacial score (nSPS) is 19.6. The van der Waals surface area contributed by atoms with E-state index in [4.69, 9.17) is 0 Å². The Kier molecular flexibility index (Phi) is 3.71. The zero-order valence-electron chi connectivity index (χ0n) is 10.4. The van der Waals surface area contributed by atoms with E-state index >= 15 is 0 Å². The van der Waals surface area contributed by atoms with Gasteiger partial charge in [0.1, 0.15) is 6.04 Å². The molecule has 0 radical (unpaired) electrons. The molecule has 1 aromatic rings. The number of rotatable bonds is 2. The van der Waals surface area contributed by atoms with Crippen LogP contribution >= 0.6 is 15.9 Å². The highest BCUT2D eigenvalue weighted by Crippen LogP contribution is 2.27. The van der Waals surface area contributed by atoms with E-state index in [-0.39, 0.29) is 17.7 Å². The molecule has 96 valence electrons. The van der Waals surface area contributed by atoms with Gasteiger partial charge < -0.3 is 10.2 Å². The largest absolute Gasteiger partial charge is 0.357 e. The van der Waals surface area contributed by atoms with Crippen molar-refractivity contribution in [2.45, 2.75) is 19.9 Å². The number of anilines is 1. The van der Waals surface area contributed by atoms with Gasteiger partial charge in [-0.3, -0.25) is 9.59 Å². The maximum atomic E-state index is 11.7. The molecule has 1 fully saturated rings. The molecule has 1 saturated heterocycles. The fourth-order valence-electron chi connectivity index (χ4n) is 2.15. The fourth-order valence-corrected chi connectivity index (χ4v) is 2.51. The highest BCUT2D eigenvalue weighted by molar-refractivity contribution is 9.10. The van der Waals surface area contributed by atoms with Crippen molar-refractivity contribution in [3.63, 3.8) is 0 Å². The maximum absolute atomic E-state index is 11.7. The second kappa shape index (κ2) is 5.10. The van der Waals surface area contributed by atoms with Crippen LogP contribution in [0.25, 0.3) is 0 Å². The van der Waals surface area contributed by atoms with Crippen molar-refractivity contribution in [2.24, 2.45) is 0 Å². The molecule has 0 spiro atoms. The second-order valence-electron chi connectivity index (χ2n) is 4.38. The molecule has 0 aromatic heterocycles. The highest BCUT2D eigenvalue weighted by Gasteiger charge is 2.27. The second-order valence-corrected chi connectivity index (χ2v) is 5.29. The van der Waals surface area contributed by atoms with Crippen LogP contribution in [0.1, 0.15) is 24.2 Å². The number of ketones is 1. The lowest BCUT2D eigenvalue weighted by atomic mass is 10.1. The molecule has 0 saturated carbocycles. The van der Waals surface area contributed by atoms with Crippen molar-refractivity contribution in [1.29, 1.82) is 0 Å². The molecule has 1 aliphatic heterocycles. The van der Waals surface area contributed by atoms with E-state index in [0.717, 1.165) is 16.7 Å². The van der Waals surface area contributed by atoms with Crippen molar-refractivity contribution < 1.29 is 9.59 Å². The van der Waals surface area contributed by atoms with Gasteiger partial charge in [0.05, 0.1) is 0 Å². The summed E-state index contributed by atoms with van der Waals surface area (Å²) >= 11 is 3.37. The van der Waals surface area contributed by atoms with Gasteiger partial charge in [0.2, 0.25) is 5.91 Å². The van der Waals surface area contributed by atoms with E-state index in [2.05, 4.69) is 21.2 Å². The van der Waals surface area contributed by atoms with Gasteiger partial charge in [0.15, 0.2) is 5.78 Å². The molecule has 1 amide bonds. The molecular formula is C13H15BrN2O2. The van der Waals surface area contributed by atoms with E-state index in [9.17, 15) is 9.59 Å². The van der Waals surface area contributed by atoms with Crippen LogP contribution in [0.2, 0.25) is 0 Å². The number of hydrogen-bond donors (Lipinski definition) is 1. The summed E-state index contributed by atoms with van der Waals surface area (Å²) in [6.45, 7) is 4.71. The minimum Gasteiger partial charge on any atom is -0.357 e. The van der Waals surface area contributed by atoms with Gasteiger partial charge >= 0.3 is 0 Å². The Morgan fingerprint density at radius 1 is 1.50 bits per heavy atom. The Labute approximate surface area is 114 Å². The molecule has 5 heteroatoms. The predicted molar refractivity (Wildman–Crippen MR) is 74.0 cm³/mol. The lowest BCUT2D eigenvalue weighted by Gasteiger charge is -2.35. The van der Waals surface area contributed by atoms with Crippen molar-refractivity contribution in [1.82, 2.24) is 5.32 Å². The number of halogens is 1. The number of piperazine rings is 1. The summed E-state index contributed by atoms with van der Waals surface area (Å²) in [6.07, 6.45) is 0. The third-order valence-electron chi connectivity index (χ3n) is 3.15. The average molecular weight is 311 g/mol. The monoisotopic (exact) mass is 310 g/mol. The summed E-state index contributed by atoms with van der Waals surface area (Å²) in [5, 5.41) is 2.82. The van der Waals surface area contributed by atoms with Crippen LogP contribution < -0.4 is 10.2 Å². The number of amides is 1. The number of Topliss-reactive ketones (excluding diaryl/α,β-unsaturated/α-hetero) is 1. The Morgan fingerprint density at radius 3 is 2.89 bits per heavy atom. The highest BCUT2D eigenvalue weighted by atomic mass is 79.9. The van der Waals surface area contributed by atoms with Gasteiger partial charge in [-0.1, -0.05) is 15.9 Å². The van der Waals surface area contributed by atoms with Gasteiger partial charge in [-0.25, -0.2) is 0 Å². The van der Waals surface area contributed by atoms with Crippen molar-refractivity contribution in [2.75, 3.05) is 18.0 Å². The van der Waals surface area contributed by atoms with Gasteiger partial charge in [-0.2, -0.15) is 0 Å². The average Bonchev–Trinajstić information content (AvgIpc) is 2.33. The molecule has 1 N–H and O–H groups in total. The van der Waals surface area contributed by atoms with Crippen LogP contribution in [0.15, 0.2) is 22.7 Å². The molecule has 0 bridgehead atoms. The van der Waals surface area contributed by atoms with E-state index in [0.29, 0.717) is 12.1 Å². The van der Waals surface area contributed by atoms with Crippen LogP contribution in [0, 0.1) is 0 Å². The maximum Gasteiger partial charge on any atom is 0.242 e. The molecule has 1 heterocycles. The summed E-state index contributed by atoms with van der Waals surface area (Å²) in [4.78, 5) is 25.4. The van der Waals surface area contributed by atoms with E-state index in [1.165, 1.54) is 0 Å². The number of nitrogens with zero attached hydrogens (tertiary/aromatic N) is 1. The molecule has 0 aliphatic carbocycles. The molecule has 1 unspecified atom stereocenters. The third-order valence-corrected chi connectivity index (χ3v) is 3.64. The van der Waals surface area contributed by atoms with Crippen molar-refractivity contribution in [3.8, 4) is 0 Å². The summed E-state index contributed by atoms with van der Waals surface area (Å²) in [5.74, 6) is 0.00292. The van der Waals surface area contributed by atoms with Gasteiger partial charge in [-0.05, 0) is 32.0 Å². The predicted octanol–water partition coefficient (Wildman–Crippen LogP) is 1.98. The van der Waals surface area contributed by atoms with Crippen LogP contribution in [-0.4, -0.2) is 30.8 Å². The minimum absolute atomic E-state index is 0.00123. The van der Waals surface area contributed by atoms with Crippen molar-refractivity contribution in [3.05, 3.63) is 28.2 Å². The number of nitrogens with one attached hydrogen (secondary N) is 1.